The molecule has 3 N–H and O–H groups in total. The second-order valence-electron chi connectivity index (χ2n) is 29.7. The Labute approximate surface area is 600 Å². The van der Waals surface area contributed by atoms with E-state index >= 15 is 0 Å². The lowest BCUT2D eigenvalue weighted by Crippen LogP contribution is -2.30. The summed E-state index contributed by atoms with van der Waals surface area (Å²) in [7, 11) is -9.92. The highest BCUT2D eigenvalue weighted by Gasteiger charge is 2.30. The van der Waals surface area contributed by atoms with Gasteiger partial charge in [-0.15, -0.1) is 0 Å². The molecular weight excluding hydrogens is 1280 g/mol. The molecule has 0 aromatic rings. The van der Waals surface area contributed by atoms with E-state index in [0.717, 1.165) is 126 Å². The van der Waals surface area contributed by atoms with Crippen molar-refractivity contribution in [2.75, 3.05) is 39.6 Å². The van der Waals surface area contributed by atoms with Crippen molar-refractivity contribution in [3.63, 3.8) is 0 Å². The Hall–Kier alpha value is -1.94. The zero-order valence-corrected chi connectivity index (χ0v) is 66.2. The third-order valence-corrected chi connectivity index (χ3v) is 21.3. The van der Waals surface area contributed by atoms with Crippen LogP contribution in [0, 0.1) is 23.7 Å². The van der Waals surface area contributed by atoms with Gasteiger partial charge in [-0.3, -0.25) is 37.3 Å². The molecule has 0 saturated heterocycles. The van der Waals surface area contributed by atoms with E-state index < -0.39 is 97.5 Å². The molecule has 0 heterocycles. The van der Waals surface area contributed by atoms with E-state index in [4.69, 9.17) is 37.0 Å². The number of aliphatic hydroxyl groups excluding tert-OH is 1. The SMILES string of the molecule is CCC(C)CCCCCCCCCCCCCCCCCCCCC(=O)O[C@H](COC(=O)CCCCCCCCC(C)CC)COP(=O)(O)OC[C@H](O)COP(=O)(O)OC[C@@H](COC(=O)CCCCCCCCC(C)CC)OC(=O)CCCCCCCCCCCCCCCC(C)C. The average Bonchev–Trinajstić information content (AvgIpc) is 1.34. The monoisotopic (exact) mass is 1440 g/mol. The Balaban J connectivity index is 5.17. The third kappa shape index (κ3) is 68.5. The molecule has 0 aromatic carbocycles. The molecule has 0 aliphatic carbocycles. The summed E-state index contributed by atoms with van der Waals surface area (Å²) in [5.41, 5.74) is 0. The van der Waals surface area contributed by atoms with Crippen LogP contribution < -0.4 is 0 Å². The number of carbonyl (C=O) groups is 4. The van der Waals surface area contributed by atoms with Crippen LogP contribution in [0.4, 0.5) is 0 Å². The number of unbranched alkanes of at least 4 members (excludes halogenated alkanes) is 39. The Morgan fingerprint density at radius 2 is 0.490 bits per heavy atom. The number of esters is 4. The highest BCUT2D eigenvalue weighted by Crippen LogP contribution is 2.45. The summed E-state index contributed by atoms with van der Waals surface area (Å²) in [4.78, 5) is 72.9. The minimum absolute atomic E-state index is 0.106. The molecule has 0 rings (SSSR count). The minimum Gasteiger partial charge on any atom is -0.462 e. The lowest BCUT2D eigenvalue weighted by Gasteiger charge is -2.21. The van der Waals surface area contributed by atoms with Crippen LogP contribution in [0.3, 0.4) is 0 Å². The van der Waals surface area contributed by atoms with E-state index in [2.05, 4.69) is 55.4 Å². The summed E-state index contributed by atoms with van der Waals surface area (Å²) in [6.45, 7) is 14.2. The highest BCUT2D eigenvalue weighted by molar-refractivity contribution is 7.47. The second-order valence-corrected chi connectivity index (χ2v) is 32.6. The lowest BCUT2D eigenvalue weighted by molar-refractivity contribution is -0.161. The number of aliphatic hydroxyl groups is 1. The molecule has 0 aliphatic rings. The van der Waals surface area contributed by atoms with Gasteiger partial charge in [0.1, 0.15) is 19.3 Å². The van der Waals surface area contributed by atoms with Crippen LogP contribution in [0.25, 0.3) is 0 Å². The summed E-state index contributed by atoms with van der Waals surface area (Å²) in [6.07, 6.45) is 54.2. The highest BCUT2D eigenvalue weighted by atomic mass is 31.2. The Morgan fingerprint density at radius 1 is 0.286 bits per heavy atom. The van der Waals surface area contributed by atoms with Crippen LogP contribution in [0.2, 0.25) is 0 Å². The summed E-state index contributed by atoms with van der Waals surface area (Å²) in [5.74, 6) is 0.999. The van der Waals surface area contributed by atoms with Gasteiger partial charge in [-0.1, -0.05) is 351 Å². The Kier molecular flexibility index (Phi) is 66.8. The van der Waals surface area contributed by atoms with E-state index in [1.807, 2.05) is 0 Å². The molecule has 0 spiro atoms. The number of phosphoric ester groups is 2. The van der Waals surface area contributed by atoms with Gasteiger partial charge in [-0.05, 0) is 49.4 Å². The maximum absolute atomic E-state index is 13.1. The van der Waals surface area contributed by atoms with Crippen molar-refractivity contribution in [1.82, 2.24) is 0 Å². The van der Waals surface area contributed by atoms with Crippen molar-refractivity contribution in [2.45, 2.75) is 420 Å². The zero-order valence-electron chi connectivity index (χ0n) is 64.4. The zero-order chi connectivity index (χ0) is 72.4. The number of hydrogen-bond acceptors (Lipinski definition) is 15. The molecule has 17 nitrogen and oxygen atoms in total. The fraction of sp³-hybridized carbons (Fsp3) is 0.949. The van der Waals surface area contributed by atoms with Crippen LogP contribution in [0.5, 0.6) is 0 Å². The fourth-order valence-electron chi connectivity index (χ4n) is 12.0. The number of phosphoric acid groups is 2. The molecular formula is C79H154O17P2. The Bertz CT molecular complexity index is 1930. The van der Waals surface area contributed by atoms with Crippen LogP contribution in [0.1, 0.15) is 402 Å². The second kappa shape index (κ2) is 68.2. The van der Waals surface area contributed by atoms with Gasteiger partial charge in [0.2, 0.25) is 0 Å². The van der Waals surface area contributed by atoms with Gasteiger partial charge in [0, 0.05) is 25.7 Å². The van der Waals surface area contributed by atoms with Crippen LogP contribution >= 0.6 is 15.6 Å². The maximum atomic E-state index is 13.1. The summed E-state index contributed by atoms with van der Waals surface area (Å²) >= 11 is 0. The number of hydrogen-bond donors (Lipinski definition) is 3. The molecule has 8 atom stereocenters. The van der Waals surface area contributed by atoms with E-state index in [-0.39, 0.29) is 25.7 Å². The van der Waals surface area contributed by atoms with Crippen LogP contribution in [0.15, 0.2) is 0 Å². The first-order valence-corrected chi connectivity index (χ1v) is 43.8. The predicted octanol–water partition coefficient (Wildman–Crippen LogP) is 23.2. The van der Waals surface area contributed by atoms with E-state index in [9.17, 15) is 43.2 Å². The molecule has 98 heavy (non-hydrogen) atoms. The largest absolute Gasteiger partial charge is 0.472 e. The molecule has 5 unspecified atom stereocenters. The molecule has 0 fully saturated rings. The van der Waals surface area contributed by atoms with Crippen molar-refractivity contribution in [1.29, 1.82) is 0 Å². The third-order valence-electron chi connectivity index (χ3n) is 19.4. The lowest BCUT2D eigenvalue weighted by atomic mass is 9.99. The molecule has 0 radical (unpaired) electrons. The number of rotatable bonds is 76. The van der Waals surface area contributed by atoms with Crippen molar-refractivity contribution in [3.8, 4) is 0 Å². The summed E-state index contributed by atoms with van der Waals surface area (Å²) in [5, 5.41) is 10.6. The van der Waals surface area contributed by atoms with Gasteiger partial charge in [-0.25, -0.2) is 9.13 Å². The first kappa shape index (κ1) is 96.1. The molecule has 0 aliphatic heterocycles. The van der Waals surface area contributed by atoms with E-state index in [0.29, 0.717) is 25.7 Å². The average molecular weight is 1440 g/mol. The first-order chi connectivity index (χ1) is 47.2. The molecule has 0 saturated carbocycles. The van der Waals surface area contributed by atoms with Crippen molar-refractivity contribution in [2.24, 2.45) is 23.7 Å². The molecule has 0 amide bonds. The summed E-state index contributed by atoms with van der Waals surface area (Å²) < 4.78 is 68.6. The molecule has 19 heteroatoms. The first-order valence-electron chi connectivity index (χ1n) is 40.8. The standard InChI is InChI=1S/C79H154O17P2/c1-9-70(6)56-48-40-32-28-24-20-16-14-12-13-15-17-21-25-29-33-45-53-61-78(83)95-74(65-89-76(81)59-51-43-37-35-41-49-57-71(7)10-2)67-93-97(85,86)91-63-73(80)64-92-98(87,88)94-68-75(66-90-77(82)60-52-44-38-36-42-50-58-72(8)11-3)96-79(84)62-54-46-34-30-26-22-18-19-23-27-31-39-47-55-69(4)5/h69-75,80H,9-68H2,1-8H3,(H,85,86)(H,87,88)/t70?,71?,72?,73-,74+,75+/m0/s1. The Morgan fingerprint density at radius 3 is 0.724 bits per heavy atom. The number of ether oxygens (including phenoxy) is 4. The van der Waals surface area contributed by atoms with Crippen molar-refractivity contribution < 1.29 is 80.2 Å². The van der Waals surface area contributed by atoms with Gasteiger partial charge >= 0.3 is 39.5 Å². The topological polar surface area (TPSA) is 237 Å². The normalized spacial score (nSPS) is 14.9. The van der Waals surface area contributed by atoms with E-state index in [1.165, 1.54) is 193 Å². The summed E-state index contributed by atoms with van der Waals surface area (Å²) in [6, 6.07) is 0. The van der Waals surface area contributed by atoms with Gasteiger partial charge < -0.3 is 33.8 Å². The molecule has 0 bridgehead atoms. The predicted molar refractivity (Wildman–Crippen MR) is 400 cm³/mol. The maximum Gasteiger partial charge on any atom is 0.472 e. The van der Waals surface area contributed by atoms with Crippen LogP contribution in [-0.4, -0.2) is 96.7 Å². The van der Waals surface area contributed by atoms with Gasteiger partial charge in [0.05, 0.1) is 26.4 Å². The number of carbonyl (C=O) groups excluding carboxylic acids is 4. The van der Waals surface area contributed by atoms with Gasteiger partial charge in [0.25, 0.3) is 0 Å². The fourth-order valence-corrected chi connectivity index (χ4v) is 13.6. The van der Waals surface area contributed by atoms with Crippen molar-refractivity contribution >= 4 is 39.5 Å². The van der Waals surface area contributed by atoms with Crippen molar-refractivity contribution in [3.05, 3.63) is 0 Å². The smallest absolute Gasteiger partial charge is 0.462 e. The van der Waals surface area contributed by atoms with Crippen LogP contribution in [-0.2, 0) is 65.4 Å². The minimum atomic E-state index is -4.96. The quantitative estimate of drug-likeness (QED) is 0.0222. The van der Waals surface area contributed by atoms with Gasteiger partial charge in [-0.2, -0.15) is 0 Å². The molecule has 582 valence electrons. The van der Waals surface area contributed by atoms with E-state index in [1.54, 1.807) is 0 Å². The van der Waals surface area contributed by atoms with Gasteiger partial charge in [0.15, 0.2) is 12.2 Å². The molecule has 0 aromatic heterocycles.